The smallest absolute Gasteiger partial charge is 0.410 e. The number of likely N-dealkylation sites (tertiary alicyclic amines) is 1. The van der Waals surface area contributed by atoms with Crippen molar-refractivity contribution in [3.63, 3.8) is 0 Å². The van der Waals surface area contributed by atoms with Gasteiger partial charge in [-0.2, -0.15) is 0 Å². The SMILES string of the molecule is CN=C(NCCCn1ccnc1)NC1CN(C(=O)OC(C)(C)C)C1. The highest BCUT2D eigenvalue weighted by Crippen LogP contribution is 2.15. The summed E-state index contributed by atoms with van der Waals surface area (Å²) in [6, 6.07) is 0.206. The van der Waals surface area contributed by atoms with Crippen molar-refractivity contribution < 1.29 is 9.53 Å². The second kappa shape index (κ2) is 8.03. The summed E-state index contributed by atoms with van der Waals surface area (Å²) in [4.78, 5) is 21.8. The van der Waals surface area contributed by atoms with E-state index in [9.17, 15) is 4.79 Å². The van der Waals surface area contributed by atoms with Gasteiger partial charge in [-0.3, -0.25) is 4.99 Å². The predicted molar refractivity (Wildman–Crippen MR) is 92.9 cm³/mol. The lowest BCUT2D eigenvalue weighted by molar-refractivity contribution is 0.00701. The van der Waals surface area contributed by atoms with E-state index in [1.54, 1.807) is 18.1 Å². The van der Waals surface area contributed by atoms with Crippen LogP contribution in [0.1, 0.15) is 27.2 Å². The fraction of sp³-hybridized carbons (Fsp3) is 0.688. The van der Waals surface area contributed by atoms with Gasteiger partial charge in [0.2, 0.25) is 0 Å². The Kier molecular flexibility index (Phi) is 6.05. The summed E-state index contributed by atoms with van der Waals surface area (Å²) in [5, 5.41) is 6.60. The van der Waals surface area contributed by atoms with Gasteiger partial charge in [0.05, 0.1) is 12.4 Å². The number of guanidine groups is 1. The molecule has 1 aliphatic heterocycles. The number of aromatic nitrogens is 2. The van der Waals surface area contributed by atoms with Gasteiger partial charge >= 0.3 is 6.09 Å². The standard InChI is InChI=1S/C16H28N6O2/c1-16(2,3)24-15(23)22-10-13(11-22)20-14(17-4)19-6-5-8-21-9-7-18-12-21/h7,9,12-13H,5-6,8,10-11H2,1-4H3,(H2,17,19,20). The van der Waals surface area contributed by atoms with Crippen molar-refractivity contribution in [3.05, 3.63) is 18.7 Å². The maximum Gasteiger partial charge on any atom is 0.410 e. The van der Waals surface area contributed by atoms with Gasteiger partial charge in [-0.25, -0.2) is 9.78 Å². The molecule has 134 valence electrons. The number of nitrogens with one attached hydrogen (secondary N) is 2. The summed E-state index contributed by atoms with van der Waals surface area (Å²) >= 11 is 0. The molecule has 0 saturated carbocycles. The fourth-order valence-corrected chi connectivity index (χ4v) is 2.32. The molecule has 0 aromatic carbocycles. The first-order valence-electron chi connectivity index (χ1n) is 8.28. The molecule has 2 heterocycles. The number of nitrogens with zero attached hydrogens (tertiary/aromatic N) is 4. The maximum atomic E-state index is 11.9. The van der Waals surface area contributed by atoms with Gasteiger partial charge in [-0.05, 0) is 27.2 Å². The second-order valence-corrected chi connectivity index (χ2v) is 6.88. The van der Waals surface area contributed by atoms with Crippen LogP contribution in [0.3, 0.4) is 0 Å². The maximum absolute atomic E-state index is 11.9. The number of hydrogen-bond acceptors (Lipinski definition) is 4. The molecule has 0 aliphatic carbocycles. The van der Waals surface area contributed by atoms with E-state index in [4.69, 9.17) is 4.74 Å². The van der Waals surface area contributed by atoms with Crippen LogP contribution in [0.2, 0.25) is 0 Å². The molecule has 1 aromatic rings. The van der Waals surface area contributed by atoms with Crippen molar-refractivity contribution in [2.24, 2.45) is 4.99 Å². The number of aliphatic imine (C=N–C) groups is 1. The molecule has 1 amide bonds. The molecule has 1 aliphatic rings. The lowest BCUT2D eigenvalue weighted by Crippen LogP contribution is -2.63. The van der Waals surface area contributed by atoms with Crippen LogP contribution in [-0.4, -0.2) is 64.8 Å². The molecule has 24 heavy (non-hydrogen) atoms. The van der Waals surface area contributed by atoms with Crippen molar-refractivity contribution >= 4 is 12.1 Å². The van der Waals surface area contributed by atoms with E-state index in [1.807, 2.05) is 37.9 Å². The number of carbonyl (C=O) groups is 1. The van der Waals surface area contributed by atoms with E-state index in [2.05, 4.69) is 20.6 Å². The molecule has 8 heteroatoms. The van der Waals surface area contributed by atoms with Gasteiger partial charge in [0, 0.05) is 45.6 Å². The minimum absolute atomic E-state index is 0.206. The first kappa shape index (κ1) is 18.1. The quantitative estimate of drug-likeness (QED) is 0.477. The number of amides is 1. The molecule has 0 spiro atoms. The Morgan fingerprint density at radius 3 is 2.75 bits per heavy atom. The molecule has 2 N–H and O–H groups in total. The van der Waals surface area contributed by atoms with Gasteiger partial charge in [0.1, 0.15) is 5.60 Å². The van der Waals surface area contributed by atoms with Gasteiger partial charge in [-0.15, -0.1) is 0 Å². The topological polar surface area (TPSA) is 83.8 Å². The zero-order valence-corrected chi connectivity index (χ0v) is 15.0. The molecule has 0 atom stereocenters. The van der Waals surface area contributed by atoms with Gasteiger partial charge < -0.3 is 24.8 Å². The molecule has 1 aromatic heterocycles. The van der Waals surface area contributed by atoms with E-state index in [0.717, 1.165) is 25.5 Å². The summed E-state index contributed by atoms with van der Waals surface area (Å²) < 4.78 is 7.39. The Balaban J connectivity index is 1.61. The van der Waals surface area contributed by atoms with Gasteiger partial charge in [0.15, 0.2) is 5.96 Å². The Labute approximate surface area is 143 Å². The zero-order valence-electron chi connectivity index (χ0n) is 15.0. The summed E-state index contributed by atoms with van der Waals surface area (Å²) in [6.45, 7) is 8.61. The molecular formula is C16H28N6O2. The zero-order chi connectivity index (χ0) is 17.6. The van der Waals surface area contributed by atoms with Crippen molar-refractivity contribution in [3.8, 4) is 0 Å². The highest BCUT2D eigenvalue weighted by molar-refractivity contribution is 5.80. The molecule has 0 bridgehead atoms. The lowest BCUT2D eigenvalue weighted by Gasteiger charge is -2.40. The van der Waals surface area contributed by atoms with Crippen molar-refractivity contribution in [1.82, 2.24) is 25.1 Å². The highest BCUT2D eigenvalue weighted by atomic mass is 16.6. The van der Waals surface area contributed by atoms with E-state index in [1.165, 1.54) is 0 Å². The monoisotopic (exact) mass is 336 g/mol. The minimum Gasteiger partial charge on any atom is -0.444 e. The summed E-state index contributed by atoms with van der Waals surface area (Å²) in [5.41, 5.74) is -0.456. The van der Waals surface area contributed by atoms with E-state index in [0.29, 0.717) is 13.1 Å². The van der Waals surface area contributed by atoms with Gasteiger partial charge in [0.25, 0.3) is 0 Å². The highest BCUT2D eigenvalue weighted by Gasteiger charge is 2.34. The lowest BCUT2D eigenvalue weighted by atomic mass is 10.1. The van der Waals surface area contributed by atoms with E-state index in [-0.39, 0.29) is 12.1 Å². The number of ether oxygens (including phenoxy) is 1. The average Bonchev–Trinajstić information content (AvgIpc) is 2.95. The molecule has 0 unspecified atom stereocenters. The van der Waals surface area contributed by atoms with Crippen LogP contribution >= 0.6 is 0 Å². The van der Waals surface area contributed by atoms with Crippen LogP contribution in [0.25, 0.3) is 0 Å². The Bertz CT molecular complexity index is 543. The van der Waals surface area contributed by atoms with Crippen LogP contribution < -0.4 is 10.6 Å². The molecular weight excluding hydrogens is 308 g/mol. The fourth-order valence-electron chi connectivity index (χ4n) is 2.32. The van der Waals surface area contributed by atoms with Crippen LogP contribution in [0.4, 0.5) is 4.79 Å². The summed E-state index contributed by atoms with van der Waals surface area (Å²) in [5.74, 6) is 0.759. The number of rotatable bonds is 5. The van der Waals surface area contributed by atoms with Crippen molar-refractivity contribution in [2.75, 3.05) is 26.7 Å². The van der Waals surface area contributed by atoms with Crippen molar-refractivity contribution in [2.45, 2.75) is 45.4 Å². The third kappa shape index (κ3) is 5.75. The average molecular weight is 336 g/mol. The third-order valence-electron chi connectivity index (χ3n) is 3.54. The molecule has 1 saturated heterocycles. The van der Waals surface area contributed by atoms with E-state index >= 15 is 0 Å². The Morgan fingerprint density at radius 1 is 1.42 bits per heavy atom. The Morgan fingerprint density at radius 2 is 2.17 bits per heavy atom. The van der Waals surface area contributed by atoms with Gasteiger partial charge in [-0.1, -0.05) is 0 Å². The summed E-state index contributed by atoms with van der Waals surface area (Å²) in [7, 11) is 1.75. The first-order valence-corrected chi connectivity index (χ1v) is 8.28. The first-order chi connectivity index (χ1) is 11.4. The van der Waals surface area contributed by atoms with Crippen molar-refractivity contribution in [1.29, 1.82) is 0 Å². The normalized spacial score (nSPS) is 15.8. The number of imidazole rings is 1. The largest absolute Gasteiger partial charge is 0.444 e. The number of hydrogen-bond donors (Lipinski definition) is 2. The molecule has 2 rings (SSSR count). The summed E-state index contributed by atoms with van der Waals surface area (Å²) in [6.07, 6.45) is 6.26. The minimum atomic E-state index is -0.456. The second-order valence-electron chi connectivity index (χ2n) is 6.88. The van der Waals surface area contributed by atoms with Crippen LogP contribution in [-0.2, 0) is 11.3 Å². The van der Waals surface area contributed by atoms with Crippen LogP contribution in [0.15, 0.2) is 23.7 Å². The predicted octanol–water partition coefficient (Wildman–Crippen LogP) is 1.06. The van der Waals surface area contributed by atoms with Crippen LogP contribution in [0.5, 0.6) is 0 Å². The van der Waals surface area contributed by atoms with Crippen LogP contribution in [0, 0.1) is 0 Å². The van der Waals surface area contributed by atoms with E-state index < -0.39 is 5.60 Å². The molecule has 1 fully saturated rings. The Hall–Kier alpha value is -2.25. The molecule has 0 radical (unpaired) electrons. The third-order valence-corrected chi connectivity index (χ3v) is 3.54. The number of carbonyl (C=O) groups excluding carboxylic acids is 1. The molecule has 8 nitrogen and oxygen atoms in total. The number of aryl methyl sites for hydroxylation is 1.